The van der Waals surface area contributed by atoms with Gasteiger partial charge in [-0.1, -0.05) is 36.4 Å². The molecule has 0 saturated carbocycles. The number of nitrogens with one attached hydrogen (secondary N) is 4. The number of aromatic nitrogens is 4. The summed E-state index contributed by atoms with van der Waals surface area (Å²) in [5.74, 6) is -1.10. The molecule has 0 saturated heterocycles. The highest BCUT2D eigenvalue weighted by molar-refractivity contribution is 5.96. The zero-order chi connectivity index (χ0) is 60.7. The van der Waals surface area contributed by atoms with E-state index in [2.05, 4.69) is 41.4 Å². The first-order valence-electron chi connectivity index (χ1n) is 25.3. The predicted octanol–water partition coefficient (Wildman–Crippen LogP) is 11.2. The SMILES string of the molecule is NCc1ccccn1.Nc1ccc(/C=C/C(=O)NCc2cc3cc(-c4ccc(C(=O)NNc5ccccn5)cc4)cc(C(F)(F)F)c3o2)cn1.Nc1ccc(/C=C/C(=O)NCc2cc3cc(-c4ccc(C(=O)O)cc4)cc(C(F)(F)F)c3o2)cn1. The fourth-order valence-corrected chi connectivity index (χ4v) is 7.95. The molecule has 6 heterocycles. The molecule has 0 radical (unpaired) electrons. The maximum absolute atomic E-state index is 14.0. The fourth-order valence-electron chi connectivity index (χ4n) is 7.95. The molecule has 24 heteroatoms. The molecule has 6 aromatic heterocycles. The molecule has 10 rings (SSSR count). The van der Waals surface area contributed by atoms with Crippen molar-refractivity contribution in [3.63, 3.8) is 0 Å². The highest BCUT2D eigenvalue weighted by Crippen LogP contribution is 2.41. The molecular weight excluding hydrogens is 1110 g/mol. The predicted molar refractivity (Wildman–Crippen MR) is 307 cm³/mol. The Morgan fingerprint density at radius 2 is 1.01 bits per heavy atom. The summed E-state index contributed by atoms with van der Waals surface area (Å²) in [6, 6.07) is 36.9. The van der Waals surface area contributed by atoms with Crippen LogP contribution >= 0.6 is 0 Å². The van der Waals surface area contributed by atoms with Gasteiger partial charge in [0.05, 0.1) is 35.5 Å². The van der Waals surface area contributed by atoms with Crippen molar-refractivity contribution in [3.8, 4) is 22.3 Å². The molecule has 0 aliphatic carbocycles. The van der Waals surface area contributed by atoms with Crippen LogP contribution in [0.2, 0.25) is 0 Å². The minimum atomic E-state index is -4.69. The van der Waals surface area contributed by atoms with Gasteiger partial charge < -0.3 is 41.8 Å². The second kappa shape index (κ2) is 27.1. The Morgan fingerprint density at radius 3 is 1.40 bits per heavy atom. The number of halogens is 6. The molecule has 0 unspecified atom stereocenters. The molecule has 10 aromatic rings. The Kier molecular flexibility index (Phi) is 19.1. The van der Waals surface area contributed by atoms with Crippen LogP contribution < -0.4 is 38.7 Å². The van der Waals surface area contributed by atoms with Gasteiger partial charge in [-0.3, -0.25) is 30.2 Å². The van der Waals surface area contributed by atoms with Crippen LogP contribution in [0.25, 0.3) is 56.3 Å². The molecular formula is C61H49F6N11O7. The number of carbonyl (C=O) groups excluding carboxylic acids is 3. The number of hydrogen-bond acceptors (Lipinski definition) is 14. The minimum Gasteiger partial charge on any atom is -0.478 e. The van der Waals surface area contributed by atoms with Crippen molar-refractivity contribution >= 4 is 75.2 Å². The lowest BCUT2D eigenvalue weighted by molar-refractivity contribution is -0.137. The lowest BCUT2D eigenvalue weighted by Gasteiger charge is -2.11. The van der Waals surface area contributed by atoms with Gasteiger partial charge in [0.2, 0.25) is 11.8 Å². The number of carboxylic acid groups (broad SMARTS) is 1. The number of fused-ring (bicyclic) bond motifs is 2. The first-order chi connectivity index (χ1) is 40.7. The van der Waals surface area contributed by atoms with Crippen molar-refractivity contribution in [3.05, 3.63) is 233 Å². The summed E-state index contributed by atoms with van der Waals surface area (Å²) in [4.78, 5) is 63.7. The summed E-state index contributed by atoms with van der Waals surface area (Å²) in [7, 11) is 0. The Hall–Kier alpha value is -11.1. The van der Waals surface area contributed by atoms with E-state index >= 15 is 0 Å². The van der Waals surface area contributed by atoms with E-state index in [0.29, 0.717) is 51.8 Å². The number of nitrogens with two attached hydrogens (primary N) is 3. The number of alkyl halides is 6. The van der Waals surface area contributed by atoms with Crippen LogP contribution in [0.1, 0.15) is 60.2 Å². The lowest BCUT2D eigenvalue weighted by atomic mass is 9.99. The number of benzene rings is 4. The second-order valence-electron chi connectivity index (χ2n) is 18.2. The van der Waals surface area contributed by atoms with Gasteiger partial charge in [-0.15, -0.1) is 0 Å². The largest absolute Gasteiger partial charge is 0.478 e. The summed E-state index contributed by atoms with van der Waals surface area (Å²) in [6.07, 6.45) is 2.48. The van der Waals surface area contributed by atoms with E-state index in [4.69, 9.17) is 31.1 Å². The number of carbonyl (C=O) groups is 4. The van der Waals surface area contributed by atoms with Crippen LogP contribution in [0.5, 0.6) is 0 Å². The maximum atomic E-state index is 14.0. The van der Waals surface area contributed by atoms with Crippen LogP contribution in [0.4, 0.5) is 43.8 Å². The molecule has 432 valence electrons. The van der Waals surface area contributed by atoms with Crippen molar-refractivity contribution in [1.82, 2.24) is 36.0 Å². The van der Waals surface area contributed by atoms with E-state index in [9.17, 15) is 45.5 Å². The van der Waals surface area contributed by atoms with Crippen LogP contribution in [0.3, 0.4) is 0 Å². The molecule has 4 aromatic carbocycles. The molecule has 18 nitrogen and oxygen atoms in total. The quantitative estimate of drug-likeness (QED) is 0.0269. The minimum absolute atomic E-state index is 0.0221. The van der Waals surface area contributed by atoms with Crippen molar-refractivity contribution in [2.24, 2.45) is 5.73 Å². The summed E-state index contributed by atoms with van der Waals surface area (Å²) in [5.41, 5.74) is 22.9. The van der Waals surface area contributed by atoms with E-state index in [0.717, 1.165) is 17.8 Å². The van der Waals surface area contributed by atoms with Gasteiger partial charge in [0.1, 0.15) is 40.1 Å². The summed E-state index contributed by atoms with van der Waals surface area (Å²) < 4.78 is 94.2. The van der Waals surface area contributed by atoms with E-state index in [1.165, 1.54) is 91.3 Å². The second-order valence-corrected chi connectivity index (χ2v) is 18.2. The number of nitrogen functional groups attached to an aromatic ring is 2. The first-order valence-corrected chi connectivity index (χ1v) is 25.3. The zero-order valence-corrected chi connectivity index (χ0v) is 44.3. The number of carboxylic acids is 1. The van der Waals surface area contributed by atoms with E-state index in [1.54, 1.807) is 73.1 Å². The molecule has 0 spiro atoms. The Morgan fingerprint density at radius 1 is 0.541 bits per heavy atom. The number of rotatable bonds is 15. The number of aromatic carboxylic acids is 1. The average Bonchev–Trinajstić information content (AvgIpc) is 3.56. The molecule has 0 fully saturated rings. The molecule has 0 aliphatic rings. The Bertz CT molecular complexity index is 4010. The summed E-state index contributed by atoms with van der Waals surface area (Å²) in [6.45, 7) is 0.277. The van der Waals surface area contributed by atoms with Crippen LogP contribution in [0.15, 0.2) is 191 Å². The van der Waals surface area contributed by atoms with Crippen molar-refractivity contribution < 1.29 is 59.5 Å². The standard InChI is InChI=1S/C30H23F3N6O3.C25H18F3N3O4.C6H8N2/c31-30(32,33)24-15-21(19-6-8-20(9-7-19)29(41)39-38-26-3-1-2-12-35-26)13-22-14-23(42-28(22)24)17-37-27(40)11-5-18-4-10-25(34)36-16-18;26-25(27,28)20-11-17(15-3-5-16(6-4-15)24(33)34)9-18-10-19(35-23(18)20)13-31-22(32)8-2-14-1-7-21(29)30-12-14;7-5-6-3-1-2-4-8-6/h1-16H,17H2,(H2,34,36)(H,35,38)(H,37,40)(H,39,41);1-12H,13H2,(H2,29,30)(H,31,32)(H,33,34);1-4H,5,7H2/b11-5+;8-2+;. The van der Waals surface area contributed by atoms with Crippen LogP contribution in [0, 0.1) is 0 Å². The first kappa shape index (κ1) is 60.0. The van der Waals surface area contributed by atoms with E-state index in [-0.39, 0.29) is 63.2 Å². The molecule has 0 bridgehead atoms. The van der Waals surface area contributed by atoms with Gasteiger partial charge in [-0.05, 0) is 155 Å². The van der Waals surface area contributed by atoms with Gasteiger partial charge in [0.15, 0.2) is 0 Å². The smallest absolute Gasteiger partial charge is 0.420 e. The van der Waals surface area contributed by atoms with Gasteiger partial charge in [-0.2, -0.15) is 26.3 Å². The lowest BCUT2D eigenvalue weighted by Crippen LogP contribution is -2.29. The number of anilines is 3. The number of hydrogen-bond donors (Lipinski definition) is 8. The van der Waals surface area contributed by atoms with Crippen LogP contribution in [-0.2, 0) is 41.6 Å². The van der Waals surface area contributed by atoms with Gasteiger partial charge in [0, 0.05) is 59.8 Å². The van der Waals surface area contributed by atoms with Gasteiger partial charge in [0.25, 0.3) is 5.91 Å². The monoisotopic (exact) mass is 1160 g/mol. The molecule has 3 amide bonds. The molecule has 0 aliphatic heterocycles. The fraction of sp³-hybridized carbons (Fsp3) is 0.0820. The highest BCUT2D eigenvalue weighted by Gasteiger charge is 2.36. The van der Waals surface area contributed by atoms with Gasteiger partial charge in [-0.25, -0.2) is 19.7 Å². The number of furan rings is 2. The zero-order valence-electron chi connectivity index (χ0n) is 44.3. The third kappa shape index (κ3) is 16.7. The average molecular weight is 1160 g/mol. The highest BCUT2D eigenvalue weighted by atomic mass is 19.4. The van der Waals surface area contributed by atoms with Crippen LogP contribution in [-0.4, -0.2) is 48.7 Å². The third-order valence-corrected chi connectivity index (χ3v) is 12.1. The molecule has 0 atom stereocenters. The Labute approximate surface area is 479 Å². The topological polar surface area (TPSA) is 293 Å². The normalized spacial score (nSPS) is 11.4. The Balaban J connectivity index is 0.000000198. The summed E-state index contributed by atoms with van der Waals surface area (Å²) in [5, 5.41) is 14.6. The molecule has 11 N–H and O–H groups in total. The van der Waals surface area contributed by atoms with Crippen molar-refractivity contribution in [2.45, 2.75) is 32.0 Å². The third-order valence-electron chi connectivity index (χ3n) is 12.1. The van der Waals surface area contributed by atoms with E-state index < -0.39 is 47.2 Å². The van der Waals surface area contributed by atoms with Gasteiger partial charge >= 0.3 is 18.3 Å². The van der Waals surface area contributed by atoms with Crippen molar-refractivity contribution in [1.29, 1.82) is 0 Å². The number of amides is 3. The number of nitrogens with zero attached hydrogens (tertiary/aromatic N) is 4. The van der Waals surface area contributed by atoms with E-state index in [1.807, 2.05) is 18.2 Å². The maximum Gasteiger partial charge on any atom is 0.420 e. The number of hydrazine groups is 1. The number of pyridine rings is 4. The van der Waals surface area contributed by atoms with Crippen molar-refractivity contribution in [2.75, 3.05) is 16.9 Å². The summed E-state index contributed by atoms with van der Waals surface area (Å²) >= 11 is 0. The molecule has 85 heavy (non-hydrogen) atoms.